The van der Waals surface area contributed by atoms with Crippen molar-refractivity contribution in [2.75, 3.05) is 0 Å². The van der Waals surface area contributed by atoms with Crippen molar-refractivity contribution >= 4 is 5.91 Å². The molecule has 1 aliphatic carbocycles. The molecule has 1 spiro atoms. The second-order valence-corrected chi connectivity index (χ2v) is 5.53. The first-order chi connectivity index (χ1) is 7.16. The van der Waals surface area contributed by atoms with E-state index in [1.807, 2.05) is 0 Å². The summed E-state index contributed by atoms with van der Waals surface area (Å²) in [6, 6.07) is 0.403. The van der Waals surface area contributed by atoms with Gasteiger partial charge in [0.15, 0.2) is 0 Å². The monoisotopic (exact) mass is 209 g/mol. The quantitative estimate of drug-likeness (QED) is 0.707. The molecule has 1 heterocycles. The van der Waals surface area contributed by atoms with Crippen LogP contribution in [0, 0.1) is 11.3 Å². The van der Waals surface area contributed by atoms with Gasteiger partial charge in [-0.15, -0.1) is 0 Å². The highest BCUT2D eigenvalue weighted by molar-refractivity contribution is 5.79. The molecule has 0 bridgehead atoms. The maximum atomic E-state index is 11.5. The summed E-state index contributed by atoms with van der Waals surface area (Å²) in [6.07, 6.45) is 8.62. The molecular formula is C13H23NO. The Morgan fingerprint density at radius 3 is 2.80 bits per heavy atom. The van der Waals surface area contributed by atoms with E-state index < -0.39 is 0 Å². The van der Waals surface area contributed by atoms with Crippen LogP contribution >= 0.6 is 0 Å². The Kier molecular flexibility index (Phi) is 3.03. The van der Waals surface area contributed by atoms with E-state index in [1.54, 1.807) is 0 Å². The SMILES string of the molecule is CCC1CCCC2(CC1)CC(=O)NC2C. The van der Waals surface area contributed by atoms with Gasteiger partial charge in [-0.2, -0.15) is 0 Å². The maximum absolute atomic E-state index is 11.5. The van der Waals surface area contributed by atoms with Gasteiger partial charge in [-0.25, -0.2) is 0 Å². The predicted octanol–water partition coefficient (Wildman–Crippen LogP) is 2.87. The Morgan fingerprint density at radius 2 is 2.20 bits per heavy atom. The van der Waals surface area contributed by atoms with Crippen LogP contribution < -0.4 is 5.32 Å². The molecule has 1 saturated carbocycles. The van der Waals surface area contributed by atoms with Gasteiger partial charge in [-0.1, -0.05) is 26.2 Å². The van der Waals surface area contributed by atoms with Gasteiger partial charge in [-0.3, -0.25) is 4.79 Å². The summed E-state index contributed by atoms with van der Waals surface area (Å²) in [5.74, 6) is 1.18. The molecule has 86 valence electrons. The summed E-state index contributed by atoms with van der Waals surface area (Å²) in [7, 11) is 0. The zero-order valence-corrected chi connectivity index (χ0v) is 10.0. The fourth-order valence-electron chi connectivity index (χ4n) is 3.44. The number of carbonyl (C=O) groups is 1. The van der Waals surface area contributed by atoms with Crippen LogP contribution in [-0.4, -0.2) is 11.9 Å². The van der Waals surface area contributed by atoms with Crippen LogP contribution in [0.5, 0.6) is 0 Å². The van der Waals surface area contributed by atoms with Crippen molar-refractivity contribution in [3.8, 4) is 0 Å². The second-order valence-electron chi connectivity index (χ2n) is 5.53. The molecule has 0 aromatic carbocycles. The highest BCUT2D eigenvalue weighted by Crippen LogP contribution is 2.45. The lowest BCUT2D eigenvalue weighted by Crippen LogP contribution is -2.34. The smallest absolute Gasteiger partial charge is 0.220 e. The first-order valence-corrected chi connectivity index (χ1v) is 6.45. The Bertz CT molecular complexity index is 251. The van der Waals surface area contributed by atoms with Gasteiger partial charge in [-0.05, 0) is 37.5 Å². The molecule has 1 N–H and O–H groups in total. The average molecular weight is 209 g/mol. The summed E-state index contributed by atoms with van der Waals surface area (Å²) in [4.78, 5) is 11.5. The standard InChI is InChI=1S/C13H23NO/c1-3-11-5-4-7-13(8-6-11)9-12(15)14-10(13)2/h10-11H,3-9H2,1-2H3,(H,14,15). The summed E-state index contributed by atoms with van der Waals surface area (Å²) in [6.45, 7) is 4.49. The third kappa shape index (κ3) is 2.04. The van der Waals surface area contributed by atoms with Gasteiger partial charge in [0.05, 0.1) is 0 Å². The maximum Gasteiger partial charge on any atom is 0.220 e. The van der Waals surface area contributed by atoms with Gasteiger partial charge >= 0.3 is 0 Å². The molecule has 1 amide bonds. The zero-order valence-electron chi connectivity index (χ0n) is 10.0. The minimum Gasteiger partial charge on any atom is -0.353 e. The van der Waals surface area contributed by atoms with Crippen molar-refractivity contribution in [3.05, 3.63) is 0 Å². The van der Waals surface area contributed by atoms with Gasteiger partial charge < -0.3 is 5.32 Å². The molecule has 2 fully saturated rings. The van der Waals surface area contributed by atoms with Crippen LogP contribution in [0.1, 0.15) is 58.8 Å². The van der Waals surface area contributed by atoms with E-state index in [0.29, 0.717) is 11.5 Å². The molecule has 3 atom stereocenters. The number of hydrogen-bond acceptors (Lipinski definition) is 1. The number of hydrogen-bond donors (Lipinski definition) is 1. The van der Waals surface area contributed by atoms with Crippen molar-refractivity contribution in [1.29, 1.82) is 0 Å². The molecule has 2 nitrogen and oxygen atoms in total. The summed E-state index contributed by atoms with van der Waals surface area (Å²) in [5.41, 5.74) is 0.307. The van der Waals surface area contributed by atoms with Crippen molar-refractivity contribution in [2.45, 2.75) is 64.8 Å². The lowest BCUT2D eigenvalue weighted by Gasteiger charge is -2.30. The highest BCUT2D eigenvalue weighted by atomic mass is 16.2. The Morgan fingerprint density at radius 1 is 1.40 bits per heavy atom. The average Bonchev–Trinajstić information content (AvgIpc) is 2.39. The van der Waals surface area contributed by atoms with E-state index in [0.717, 1.165) is 12.3 Å². The van der Waals surface area contributed by atoms with Crippen molar-refractivity contribution in [3.63, 3.8) is 0 Å². The van der Waals surface area contributed by atoms with Crippen LogP contribution in [0.4, 0.5) is 0 Å². The molecule has 0 radical (unpaired) electrons. The molecule has 2 heteroatoms. The van der Waals surface area contributed by atoms with Gasteiger partial charge in [0, 0.05) is 12.5 Å². The lowest BCUT2D eigenvalue weighted by molar-refractivity contribution is -0.119. The number of amides is 1. The van der Waals surface area contributed by atoms with Gasteiger partial charge in [0.2, 0.25) is 5.91 Å². The Balaban J connectivity index is 2.06. The van der Waals surface area contributed by atoms with Crippen molar-refractivity contribution in [2.24, 2.45) is 11.3 Å². The predicted molar refractivity (Wildman–Crippen MR) is 61.5 cm³/mol. The minimum absolute atomic E-state index is 0.275. The van der Waals surface area contributed by atoms with Crippen molar-refractivity contribution < 1.29 is 4.79 Å². The summed E-state index contributed by atoms with van der Waals surface area (Å²) < 4.78 is 0. The first kappa shape index (κ1) is 11.0. The molecule has 1 saturated heterocycles. The third-order valence-electron chi connectivity index (χ3n) is 4.72. The van der Waals surface area contributed by atoms with E-state index in [-0.39, 0.29) is 5.91 Å². The largest absolute Gasteiger partial charge is 0.353 e. The van der Waals surface area contributed by atoms with E-state index in [9.17, 15) is 4.79 Å². The number of rotatable bonds is 1. The third-order valence-corrected chi connectivity index (χ3v) is 4.72. The van der Waals surface area contributed by atoms with E-state index in [2.05, 4.69) is 19.2 Å². The van der Waals surface area contributed by atoms with Crippen LogP contribution in [0.3, 0.4) is 0 Å². The molecule has 15 heavy (non-hydrogen) atoms. The fraction of sp³-hybridized carbons (Fsp3) is 0.923. The summed E-state index contributed by atoms with van der Waals surface area (Å²) in [5, 5.41) is 3.10. The topological polar surface area (TPSA) is 29.1 Å². The van der Waals surface area contributed by atoms with Gasteiger partial charge in [0.25, 0.3) is 0 Å². The number of carbonyl (C=O) groups excluding carboxylic acids is 1. The first-order valence-electron chi connectivity index (χ1n) is 6.45. The van der Waals surface area contributed by atoms with Crippen LogP contribution in [0.15, 0.2) is 0 Å². The van der Waals surface area contributed by atoms with E-state index in [1.165, 1.54) is 38.5 Å². The minimum atomic E-state index is 0.275. The normalized spacial score (nSPS) is 41.6. The molecule has 0 aromatic rings. The molecule has 1 aliphatic heterocycles. The molecule has 2 aliphatic rings. The number of nitrogens with one attached hydrogen (secondary N) is 1. The van der Waals surface area contributed by atoms with Crippen LogP contribution in [0.2, 0.25) is 0 Å². The Labute approximate surface area is 92.8 Å². The summed E-state index contributed by atoms with van der Waals surface area (Å²) >= 11 is 0. The van der Waals surface area contributed by atoms with Crippen molar-refractivity contribution in [1.82, 2.24) is 5.32 Å². The van der Waals surface area contributed by atoms with E-state index >= 15 is 0 Å². The molecule has 0 aromatic heterocycles. The van der Waals surface area contributed by atoms with Gasteiger partial charge in [0.1, 0.15) is 0 Å². The second kappa shape index (κ2) is 4.15. The zero-order chi connectivity index (χ0) is 10.9. The van der Waals surface area contributed by atoms with Crippen LogP contribution in [-0.2, 0) is 4.79 Å². The fourth-order valence-corrected chi connectivity index (χ4v) is 3.44. The Hall–Kier alpha value is -0.530. The molecular weight excluding hydrogens is 186 g/mol. The molecule has 3 unspecified atom stereocenters. The lowest BCUT2D eigenvalue weighted by atomic mass is 9.74. The van der Waals surface area contributed by atoms with E-state index in [4.69, 9.17) is 0 Å². The highest BCUT2D eigenvalue weighted by Gasteiger charge is 2.44. The van der Waals surface area contributed by atoms with Crippen LogP contribution in [0.25, 0.3) is 0 Å². The molecule has 2 rings (SSSR count).